The fraction of sp³-hybridized carbons (Fsp3) is 0.909. The van der Waals surface area contributed by atoms with Gasteiger partial charge in [-0.1, -0.05) is 20.8 Å². The Kier molecular flexibility index (Phi) is 4.54. The van der Waals surface area contributed by atoms with Gasteiger partial charge in [0.15, 0.2) is 6.10 Å². The molecule has 1 aliphatic rings. The van der Waals surface area contributed by atoms with Gasteiger partial charge in [-0.3, -0.25) is 4.90 Å². The van der Waals surface area contributed by atoms with E-state index in [1.165, 1.54) is 0 Å². The van der Waals surface area contributed by atoms with Crippen LogP contribution in [0.1, 0.15) is 27.2 Å². The van der Waals surface area contributed by atoms with Crippen molar-refractivity contribution in [1.29, 1.82) is 0 Å². The van der Waals surface area contributed by atoms with Gasteiger partial charge in [-0.2, -0.15) is 0 Å². The smallest absolute Gasteiger partial charge is 0.334 e. The van der Waals surface area contributed by atoms with Crippen molar-refractivity contribution >= 4 is 5.97 Å². The van der Waals surface area contributed by atoms with E-state index in [4.69, 9.17) is 9.84 Å². The molecule has 0 amide bonds. The number of rotatable bonds is 4. The van der Waals surface area contributed by atoms with Crippen molar-refractivity contribution in [2.45, 2.75) is 39.3 Å². The first-order chi connectivity index (χ1) is 7.06. The van der Waals surface area contributed by atoms with Gasteiger partial charge in [0, 0.05) is 19.1 Å². The summed E-state index contributed by atoms with van der Waals surface area (Å²) < 4.78 is 5.20. The van der Waals surface area contributed by atoms with E-state index in [9.17, 15) is 4.79 Å². The molecule has 1 N–H and O–H groups in total. The largest absolute Gasteiger partial charge is 0.479 e. The molecule has 88 valence electrons. The maximum atomic E-state index is 10.8. The summed E-state index contributed by atoms with van der Waals surface area (Å²) in [5.74, 6) is -0.291. The molecule has 1 saturated heterocycles. The van der Waals surface area contributed by atoms with Gasteiger partial charge >= 0.3 is 5.97 Å². The van der Waals surface area contributed by atoms with Gasteiger partial charge in [0.1, 0.15) is 0 Å². The highest BCUT2D eigenvalue weighted by molar-refractivity contribution is 5.72. The van der Waals surface area contributed by atoms with Crippen molar-refractivity contribution in [3.05, 3.63) is 0 Å². The van der Waals surface area contributed by atoms with Crippen LogP contribution < -0.4 is 0 Å². The molecule has 1 aliphatic heterocycles. The molecule has 15 heavy (non-hydrogen) atoms. The second-order valence-corrected chi connectivity index (χ2v) is 4.41. The lowest BCUT2D eigenvalue weighted by molar-refractivity contribution is -0.157. The topological polar surface area (TPSA) is 49.8 Å². The average Bonchev–Trinajstić information content (AvgIpc) is 2.18. The molecule has 0 radical (unpaired) electrons. The number of carboxylic acid groups (broad SMARTS) is 1. The Morgan fingerprint density at radius 3 is 2.73 bits per heavy atom. The summed E-state index contributed by atoms with van der Waals surface area (Å²) in [4.78, 5) is 13.1. The Morgan fingerprint density at radius 1 is 1.60 bits per heavy atom. The molecule has 0 aromatic heterocycles. The van der Waals surface area contributed by atoms with Crippen molar-refractivity contribution in [3.8, 4) is 0 Å². The first kappa shape index (κ1) is 12.5. The number of carbonyl (C=O) groups is 1. The minimum absolute atomic E-state index is 0.468. The van der Waals surface area contributed by atoms with Crippen molar-refractivity contribution in [2.24, 2.45) is 5.92 Å². The highest BCUT2D eigenvalue weighted by Crippen LogP contribution is 2.17. The van der Waals surface area contributed by atoms with E-state index in [0.717, 1.165) is 13.0 Å². The zero-order valence-corrected chi connectivity index (χ0v) is 9.77. The Labute approximate surface area is 91.2 Å². The molecular weight excluding hydrogens is 194 g/mol. The Hall–Kier alpha value is -0.610. The number of carboxylic acids is 1. The zero-order valence-electron chi connectivity index (χ0n) is 9.77. The van der Waals surface area contributed by atoms with Crippen LogP contribution in [0.25, 0.3) is 0 Å². The summed E-state index contributed by atoms with van der Waals surface area (Å²) >= 11 is 0. The number of ether oxygens (including phenoxy) is 1. The standard InChI is InChI=1S/C11H21NO3/c1-4-9(8(2)3)12-5-6-15-10(7-12)11(13)14/h8-10H,4-7H2,1-3H3,(H,13,14). The van der Waals surface area contributed by atoms with Gasteiger partial charge < -0.3 is 9.84 Å². The molecule has 0 aromatic carbocycles. The number of nitrogens with zero attached hydrogens (tertiary/aromatic N) is 1. The monoisotopic (exact) mass is 215 g/mol. The number of aliphatic carboxylic acids is 1. The van der Waals surface area contributed by atoms with E-state index in [-0.39, 0.29) is 0 Å². The van der Waals surface area contributed by atoms with E-state index in [2.05, 4.69) is 25.7 Å². The average molecular weight is 215 g/mol. The third kappa shape index (κ3) is 3.18. The maximum absolute atomic E-state index is 10.8. The number of morpholine rings is 1. The van der Waals surface area contributed by atoms with Crippen molar-refractivity contribution in [2.75, 3.05) is 19.7 Å². The molecule has 0 aromatic rings. The summed E-state index contributed by atoms with van der Waals surface area (Å²) in [5, 5.41) is 8.90. The van der Waals surface area contributed by atoms with E-state index < -0.39 is 12.1 Å². The van der Waals surface area contributed by atoms with Gasteiger partial charge in [0.2, 0.25) is 0 Å². The summed E-state index contributed by atoms with van der Waals surface area (Å²) in [6, 6.07) is 0.468. The molecule has 1 fully saturated rings. The minimum Gasteiger partial charge on any atom is -0.479 e. The van der Waals surface area contributed by atoms with Gasteiger partial charge in [-0.25, -0.2) is 4.79 Å². The molecule has 1 heterocycles. The molecule has 4 heteroatoms. The number of hydrogen-bond donors (Lipinski definition) is 1. The van der Waals surface area contributed by atoms with Crippen molar-refractivity contribution in [1.82, 2.24) is 4.90 Å². The second-order valence-electron chi connectivity index (χ2n) is 4.41. The van der Waals surface area contributed by atoms with Crippen molar-refractivity contribution < 1.29 is 14.6 Å². The van der Waals surface area contributed by atoms with E-state index in [1.807, 2.05) is 0 Å². The second kappa shape index (κ2) is 5.47. The van der Waals surface area contributed by atoms with Crippen LogP contribution in [-0.2, 0) is 9.53 Å². The van der Waals surface area contributed by atoms with E-state index in [0.29, 0.717) is 25.1 Å². The van der Waals surface area contributed by atoms with Crippen LogP contribution in [0.3, 0.4) is 0 Å². The van der Waals surface area contributed by atoms with Crippen LogP contribution in [0.15, 0.2) is 0 Å². The molecular formula is C11H21NO3. The zero-order chi connectivity index (χ0) is 11.4. The summed E-state index contributed by atoms with van der Waals surface area (Å²) in [6.45, 7) is 8.40. The lowest BCUT2D eigenvalue weighted by atomic mass is 9.99. The highest BCUT2D eigenvalue weighted by Gasteiger charge is 2.30. The van der Waals surface area contributed by atoms with Crippen molar-refractivity contribution in [3.63, 3.8) is 0 Å². The highest BCUT2D eigenvalue weighted by atomic mass is 16.5. The molecule has 0 saturated carbocycles. The third-order valence-electron chi connectivity index (χ3n) is 3.03. The summed E-state index contributed by atoms with van der Waals surface area (Å²) in [7, 11) is 0. The Morgan fingerprint density at radius 2 is 2.27 bits per heavy atom. The molecule has 0 aliphatic carbocycles. The minimum atomic E-state index is -0.849. The molecule has 2 atom stereocenters. The first-order valence-electron chi connectivity index (χ1n) is 5.64. The molecule has 4 nitrogen and oxygen atoms in total. The van der Waals surface area contributed by atoms with Crippen LogP contribution in [0, 0.1) is 5.92 Å². The number of hydrogen-bond acceptors (Lipinski definition) is 3. The fourth-order valence-electron chi connectivity index (χ4n) is 2.27. The predicted molar refractivity (Wildman–Crippen MR) is 57.9 cm³/mol. The molecule has 1 rings (SSSR count). The SMILES string of the molecule is CCC(C(C)C)N1CCOC(C(=O)O)C1. The molecule has 0 bridgehead atoms. The normalized spacial score (nSPS) is 25.5. The predicted octanol–water partition coefficient (Wildman–Crippen LogP) is 1.21. The van der Waals surface area contributed by atoms with Crippen LogP contribution >= 0.6 is 0 Å². The van der Waals surface area contributed by atoms with Crippen LogP contribution in [-0.4, -0.2) is 47.8 Å². The van der Waals surface area contributed by atoms with E-state index >= 15 is 0 Å². The Balaban J connectivity index is 2.58. The maximum Gasteiger partial charge on any atom is 0.334 e. The lowest BCUT2D eigenvalue weighted by Crippen LogP contribution is -2.51. The molecule has 2 unspecified atom stereocenters. The van der Waals surface area contributed by atoms with Gasteiger partial charge in [0.05, 0.1) is 6.61 Å². The molecule has 0 spiro atoms. The van der Waals surface area contributed by atoms with Gasteiger partial charge in [-0.15, -0.1) is 0 Å². The van der Waals surface area contributed by atoms with Gasteiger partial charge in [-0.05, 0) is 12.3 Å². The quantitative estimate of drug-likeness (QED) is 0.765. The Bertz CT molecular complexity index is 218. The van der Waals surface area contributed by atoms with E-state index in [1.54, 1.807) is 0 Å². The van der Waals surface area contributed by atoms with Crippen LogP contribution in [0.5, 0.6) is 0 Å². The first-order valence-corrected chi connectivity index (χ1v) is 5.64. The fourth-order valence-corrected chi connectivity index (χ4v) is 2.27. The lowest BCUT2D eigenvalue weighted by Gasteiger charge is -2.38. The summed E-state index contributed by atoms with van der Waals surface area (Å²) in [5.41, 5.74) is 0. The van der Waals surface area contributed by atoms with Gasteiger partial charge in [0.25, 0.3) is 0 Å². The van der Waals surface area contributed by atoms with Crippen LogP contribution in [0.2, 0.25) is 0 Å². The van der Waals surface area contributed by atoms with Crippen LogP contribution in [0.4, 0.5) is 0 Å². The summed E-state index contributed by atoms with van der Waals surface area (Å²) in [6.07, 6.45) is 0.413. The third-order valence-corrected chi connectivity index (χ3v) is 3.03.